The van der Waals surface area contributed by atoms with Crippen LogP contribution in [0, 0.1) is 6.92 Å². The Morgan fingerprint density at radius 1 is 1.00 bits per heavy atom. The van der Waals surface area contributed by atoms with Crippen LogP contribution in [-0.4, -0.2) is 57.8 Å². The molecule has 0 unspecified atom stereocenters. The van der Waals surface area contributed by atoms with Crippen LogP contribution >= 0.6 is 0 Å². The summed E-state index contributed by atoms with van der Waals surface area (Å²) < 4.78 is 5.55. The third-order valence-electron chi connectivity index (χ3n) is 7.17. The molecule has 0 aliphatic carbocycles. The van der Waals surface area contributed by atoms with Gasteiger partial charge >= 0.3 is 6.09 Å². The molecule has 4 aromatic rings. The highest BCUT2D eigenvalue weighted by molar-refractivity contribution is 5.83. The Morgan fingerprint density at radius 3 is 2.58 bits per heavy atom. The number of fused-ring (bicyclic) bond motifs is 1. The van der Waals surface area contributed by atoms with Gasteiger partial charge in [0.2, 0.25) is 0 Å². The molecule has 0 radical (unpaired) electrons. The van der Waals surface area contributed by atoms with Crippen molar-refractivity contribution in [1.82, 2.24) is 14.8 Å². The molecule has 0 spiro atoms. The Hall–Kier alpha value is -3.61. The molecule has 1 aliphatic heterocycles. The Balaban J connectivity index is 1.30. The summed E-state index contributed by atoms with van der Waals surface area (Å²) in [4.78, 5) is 20.1. The largest absolute Gasteiger partial charge is 0.445 e. The first-order chi connectivity index (χ1) is 17.6. The van der Waals surface area contributed by atoms with Crippen LogP contribution in [0.4, 0.5) is 4.79 Å². The van der Waals surface area contributed by atoms with Crippen LogP contribution < -0.4 is 0 Å². The molecule has 6 heteroatoms. The molecule has 1 fully saturated rings. The molecule has 2 N–H and O–H groups in total. The molecule has 186 valence electrons. The number of aliphatic hydroxyl groups excluding tert-OH is 1. The minimum absolute atomic E-state index is 0.168. The zero-order valence-electron chi connectivity index (χ0n) is 20.6. The maximum absolute atomic E-state index is 12.8. The SMILES string of the molecule is Cc1ccccc1CN(CCc1c[nH]c2ccccc12)[C@H]1CN(C(=O)OCc2ccccc2)C[C@@H]1O. The second-order valence-corrected chi connectivity index (χ2v) is 9.59. The Labute approximate surface area is 212 Å². The summed E-state index contributed by atoms with van der Waals surface area (Å²) in [5.41, 5.74) is 5.79. The summed E-state index contributed by atoms with van der Waals surface area (Å²) in [5, 5.41) is 12.3. The number of ether oxygens (including phenoxy) is 1. The molecule has 36 heavy (non-hydrogen) atoms. The summed E-state index contributed by atoms with van der Waals surface area (Å²) in [6, 6.07) is 26.2. The third-order valence-corrected chi connectivity index (χ3v) is 7.17. The monoisotopic (exact) mass is 483 g/mol. The molecule has 6 nitrogen and oxygen atoms in total. The number of para-hydroxylation sites is 1. The lowest BCUT2D eigenvalue weighted by Gasteiger charge is -2.31. The van der Waals surface area contributed by atoms with Gasteiger partial charge in [-0.05, 0) is 41.7 Å². The van der Waals surface area contributed by atoms with E-state index >= 15 is 0 Å². The molecular weight excluding hydrogens is 450 g/mol. The number of β-amino-alcohol motifs (C(OH)–C–C–N with tert-alkyl or cyclic N) is 1. The van der Waals surface area contributed by atoms with E-state index in [0.29, 0.717) is 13.1 Å². The number of H-pyrrole nitrogens is 1. The Bertz CT molecular complexity index is 1300. The number of nitrogens with zero attached hydrogens (tertiary/aromatic N) is 2. The standard InChI is InChI=1S/C30H33N3O3/c1-22-9-5-6-12-25(22)18-32(16-15-24-17-31-27-14-8-7-13-26(24)27)28-19-33(20-29(28)34)30(35)36-21-23-10-3-2-4-11-23/h2-14,17,28-29,31,34H,15-16,18-21H2,1H3/t28-,29-/m0/s1. The normalized spacial score (nSPS) is 17.7. The van der Waals surface area contributed by atoms with Crippen molar-refractivity contribution in [2.45, 2.75) is 38.6 Å². The van der Waals surface area contributed by atoms with Crippen molar-refractivity contribution < 1.29 is 14.6 Å². The number of amides is 1. The van der Waals surface area contributed by atoms with Crippen molar-refractivity contribution in [2.24, 2.45) is 0 Å². The number of rotatable bonds is 8. The van der Waals surface area contributed by atoms with Crippen molar-refractivity contribution in [3.05, 3.63) is 107 Å². The zero-order valence-corrected chi connectivity index (χ0v) is 20.6. The van der Waals surface area contributed by atoms with E-state index in [9.17, 15) is 9.90 Å². The molecule has 5 rings (SSSR count). The topological polar surface area (TPSA) is 68.8 Å². The first-order valence-electron chi connectivity index (χ1n) is 12.6. The minimum Gasteiger partial charge on any atom is -0.445 e. The molecule has 1 aromatic heterocycles. The highest BCUT2D eigenvalue weighted by atomic mass is 16.6. The van der Waals surface area contributed by atoms with Crippen LogP contribution in [0.5, 0.6) is 0 Å². The first-order valence-corrected chi connectivity index (χ1v) is 12.6. The van der Waals surface area contributed by atoms with Crippen LogP contribution in [0.25, 0.3) is 10.9 Å². The van der Waals surface area contributed by atoms with Gasteiger partial charge in [0.15, 0.2) is 0 Å². The number of hydrogen-bond donors (Lipinski definition) is 2. The van der Waals surface area contributed by atoms with E-state index in [2.05, 4.69) is 59.4 Å². The number of likely N-dealkylation sites (tertiary alicyclic amines) is 1. The average molecular weight is 484 g/mol. The molecule has 0 bridgehead atoms. The molecule has 1 aliphatic rings. The van der Waals surface area contributed by atoms with Crippen LogP contribution in [0.3, 0.4) is 0 Å². The highest BCUT2D eigenvalue weighted by Crippen LogP contribution is 2.24. The van der Waals surface area contributed by atoms with Crippen LogP contribution in [0.2, 0.25) is 0 Å². The number of aryl methyl sites for hydroxylation is 1. The van der Waals surface area contributed by atoms with Crippen LogP contribution in [0.1, 0.15) is 22.3 Å². The van der Waals surface area contributed by atoms with Crippen LogP contribution in [-0.2, 0) is 24.3 Å². The van der Waals surface area contributed by atoms with Crippen LogP contribution in [0.15, 0.2) is 85.1 Å². The maximum Gasteiger partial charge on any atom is 0.410 e. The maximum atomic E-state index is 12.8. The lowest BCUT2D eigenvalue weighted by atomic mass is 10.0. The number of carbonyl (C=O) groups excluding carboxylic acids is 1. The van der Waals surface area contributed by atoms with E-state index in [-0.39, 0.29) is 25.3 Å². The quantitative estimate of drug-likeness (QED) is 0.374. The van der Waals surface area contributed by atoms with Gasteiger partial charge in [0, 0.05) is 36.7 Å². The van der Waals surface area contributed by atoms with Gasteiger partial charge in [-0.15, -0.1) is 0 Å². The van der Waals surface area contributed by atoms with Gasteiger partial charge in [-0.1, -0.05) is 72.8 Å². The lowest BCUT2D eigenvalue weighted by molar-refractivity contribution is 0.0782. The van der Waals surface area contributed by atoms with Crippen molar-refractivity contribution >= 4 is 17.0 Å². The molecular formula is C30H33N3O3. The predicted molar refractivity (Wildman–Crippen MR) is 142 cm³/mol. The molecule has 2 heterocycles. The molecule has 0 saturated carbocycles. The molecule has 2 atom stereocenters. The minimum atomic E-state index is -0.638. The van der Waals surface area contributed by atoms with Crippen molar-refractivity contribution in [1.29, 1.82) is 0 Å². The van der Waals surface area contributed by atoms with Gasteiger partial charge in [0.05, 0.1) is 18.7 Å². The number of aliphatic hydroxyl groups is 1. The van der Waals surface area contributed by atoms with Gasteiger partial charge in [-0.25, -0.2) is 4.79 Å². The molecule has 1 saturated heterocycles. The smallest absolute Gasteiger partial charge is 0.410 e. The van der Waals surface area contributed by atoms with E-state index in [0.717, 1.165) is 24.0 Å². The van der Waals surface area contributed by atoms with Gasteiger partial charge in [0.25, 0.3) is 0 Å². The first kappa shape index (κ1) is 24.1. The second kappa shape index (κ2) is 11.0. The second-order valence-electron chi connectivity index (χ2n) is 9.59. The van der Waals surface area contributed by atoms with Crippen molar-refractivity contribution in [3.63, 3.8) is 0 Å². The van der Waals surface area contributed by atoms with E-state index in [1.165, 1.54) is 22.1 Å². The van der Waals surface area contributed by atoms with E-state index in [1.807, 2.05) is 42.5 Å². The fourth-order valence-electron chi connectivity index (χ4n) is 5.06. The van der Waals surface area contributed by atoms with Gasteiger partial charge in [-0.3, -0.25) is 4.90 Å². The molecule has 3 aromatic carbocycles. The summed E-state index contributed by atoms with van der Waals surface area (Å²) in [7, 11) is 0. The number of aromatic amines is 1. The summed E-state index contributed by atoms with van der Waals surface area (Å²) >= 11 is 0. The summed E-state index contributed by atoms with van der Waals surface area (Å²) in [6.45, 7) is 4.54. The van der Waals surface area contributed by atoms with E-state index < -0.39 is 6.10 Å². The summed E-state index contributed by atoms with van der Waals surface area (Å²) in [6.07, 6.45) is 1.90. The van der Waals surface area contributed by atoms with Crippen molar-refractivity contribution in [2.75, 3.05) is 19.6 Å². The molecule has 1 amide bonds. The lowest BCUT2D eigenvalue weighted by Crippen LogP contribution is -2.44. The highest BCUT2D eigenvalue weighted by Gasteiger charge is 2.38. The number of hydrogen-bond acceptors (Lipinski definition) is 4. The van der Waals surface area contributed by atoms with Gasteiger partial charge < -0.3 is 19.7 Å². The fraction of sp³-hybridized carbons (Fsp3) is 0.300. The predicted octanol–water partition coefficient (Wildman–Crippen LogP) is 4.90. The van der Waals surface area contributed by atoms with E-state index in [1.54, 1.807) is 4.90 Å². The van der Waals surface area contributed by atoms with E-state index in [4.69, 9.17) is 4.74 Å². The van der Waals surface area contributed by atoms with Gasteiger partial charge in [-0.2, -0.15) is 0 Å². The number of nitrogens with one attached hydrogen (secondary N) is 1. The zero-order chi connectivity index (χ0) is 24.9. The fourth-order valence-corrected chi connectivity index (χ4v) is 5.06. The third kappa shape index (κ3) is 5.45. The number of benzene rings is 3. The Morgan fingerprint density at radius 2 is 1.75 bits per heavy atom. The number of aromatic nitrogens is 1. The Kier molecular flexibility index (Phi) is 7.35. The average Bonchev–Trinajstić information content (AvgIpc) is 3.50. The van der Waals surface area contributed by atoms with Crippen molar-refractivity contribution in [3.8, 4) is 0 Å². The number of carbonyl (C=O) groups is 1. The van der Waals surface area contributed by atoms with Gasteiger partial charge in [0.1, 0.15) is 6.61 Å². The summed E-state index contributed by atoms with van der Waals surface area (Å²) in [5.74, 6) is 0.